The molecule has 2 aliphatic heterocycles. The zero-order chi connectivity index (χ0) is 23.7. The first-order chi connectivity index (χ1) is 14.9. The van der Waals surface area contributed by atoms with Crippen LogP contribution in [0.5, 0.6) is 0 Å². The number of aliphatic hydroxyl groups excluding tert-OH is 1. The molecule has 8 heteroatoms. The minimum Gasteiger partial charge on any atom is -0.387 e. The topological polar surface area (TPSA) is 97.3 Å². The van der Waals surface area contributed by atoms with E-state index in [1.54, 1.807) is 24.8 Å². The second kappa shape index (κ2) is 9.31. The van der Waals surface area contributed by atoms with Crippen LogP contribution in [0, 0.1) is 5.41 Å². The number of anilines is 1. The number of carbonyl (C=O) groups excluding carboxylic acids is 2. The number of rotatable bonds is 6. The van der Waals surface area contributed by atoms with E-state index in [9.17, 15) is 14.7 Å². The molecular formula is C24H34N2O6. The van der Waals surface area contributed by atoms with Crippen LogP contribution in [0.15, 0.2) is 42.5 Å². The third-order valence-corrected chi connectivity index (χ3v) is 5.42. The Morgan fingerprint density at radius 1 is 1.28 bits per heavy atom. The molecular weight excluding hydrogens is 412 g/mol. The molecule has 1 aromatic carbocycles. The van der Waals surface area contributed by atoms with Crippen LogP contribution in [0.1, 0.15) is 34.6 Å². The SMILES string of the molecule is CO[C@@H](C(=O)NC1CN(c2ccccc2)C1=O)[C@@H]1OC(C)(C)O[C@H](C=CC(C)(C)C)[C@@H]1O. The van der Waals surface area contributed by atoms with Gasteiger partial charge in [0.15, 0.2) is 11.9 Å². The first-order valence-corrected chi connectivity index (χ1v) is 10.8. The van der Waals surface area contributed by atoms with E-state index in [2.05, 4.69) is 5.32 Å². The summed E-state index contributed by atoms with van der Waals surface area (Å²) < 4.78 is 17.2. The average molecular weight is 447 g/mol. The number of nitrogens with one attached hydrogen (secondary N) is 1. The highest BCUT2D eigenvalue weighted by molar-refractivity contribution is 6.06. The van der Waals surface area contributed by atoms with Crippen LogP contribution < -0.4 is 10.2 Å². The summed E-state index contributed by atoms with van der Waals surface area (Å²) in [5, 5.41) is 13.6. The van der Waals surface area contributed by atoms with Gasteiger partial charge in [-0.25, -0.2) is 0 Å². The Kier molecular flexibility index (Phi) is 7.09. The van der Waals surface area contributed by atoms with Gasteiger partial charge in [0.1, 0.15) is 24.4 Å². The molecule has 0 radical (unpaired) electrons. The Balaban J connectivity index is 1.68. The predicted molar refractivity (Wildman–Crippen MR) is 120 cm³/mol. The molecule has 0 bridgehead atoms. The van der Waals surface area contributed by atoms with Crippen molar-refractivity contribution < 1.29 is 28.9 Å². The van der Waals surface area contributed by atoms with Gasteiger partial charge in [0.25, 0.3) is 11.8 Å². The van der Waals surface area contributed by atoms with Gasteiger partial charge in [0.05, 0.1) is 6.54 Å². The zero-order valence-electron chi connectivity index (χ0n) is 19.6. The van der Waals surface area contributed by atoms with Crippen molar-refractivity contribution in [2.24, 2.45) is 5.41 Å². The number of allylic oxidation sites excluding steroid dienone is 1. The molecule has 0 aliphatic carbocycles. The maximum Gasteiger partial charge on any atom is 0.252 e. The van der Waals surface area contributed by atoms with Crippen LogP contribution in [-0.2, 0) is 23.8 Å². The van der Waals surface area contributed by atoms with Gasteiger partial charge < -0.3 is 29.5 Å². The molecule has 1 aromatic rings. The van der Waals surface area contributed by atoms with E-state index < -0.39 is 42.2 Å². The van der Waals surface area contributed by atoms with Gasteiger partial charge in [-0.1, -0.05) is 51.1 Å². The molecule has 5 atom stereocenters. The van der Waals surface area contributed by atoms with Gasteiger partial charge in [0.2, 0.25) is 0 Å². The zero-order valence-corrected chi connectivity index (χ0v) is 19.6. The van der Waals surface area contributed by atoms with Gasteiger partial charge in [0, 0.05) is 12.8 Å². The Labute approximate surface area is 189 Å². The van der Waals surface area contributed by atoms with E-state index in [-0.39, 0.29) is 11.3 Å². The molecule has 0 saturated carbocycles. The van der Waals surface area contributed by atoms with Crippen LogP contribution >= 0.6 is 0 Å². The molecule has 32 heavy (non-hydrogen) atoms. The van der Waals surface area contributed by atoms with Crippen LogP contribution in [-0.4, -0.2) is 66.8 Å². The Bertz CT molecular complexity index is 848. The van der Waals surface area contributed by atoms with E-state index in [1.165, 1.54) is 7.11 Å². The monoisotopic (exact) mass is 446 g/mol. The number of β-lactam (4-membered cyclic amide) rings is 1. The molecule has 2 N–H and O–H groups in total. The normalized spacial score (nSPS) is 29.0. The maximum absolute atomic E-state index is 13.0. The molecule has 2 aliphatic rings. The Hall–Kier alpha value is -2.26. The fourth-order valence-corrected chi connectivity index (χ4v) is 3.81. The fraction of sp³-hybridized carbons (Fsp3) is 0.583. The summed E-state index contributed by atoms with van der Waals surface area (Å²) in [5.41, 5.74) is 0.679. The summed E-state index contributed by atoms with van der Waals surface area (Å²) in [7, 11) is 1.38. The van der Waals surface area contributed by atoms with Crippen LogP contribution in [0.3, 0.4) is 0 Å². The molecule has 176 valence electrons. The third-order valence-electron chi connectivity index (χ3n) is 5.42. The number of hydrogen-bond acceptors (Lipinski definition) is 6. The molecule has 2 heterocycles. The van der Waals surface area contributed by atoms with E-state index in [0.717, 1.165) is 5.69 Å². The number of amides is 2. The Morgan fingerprint density at radius 2 is 1.94 bits per heavy atom. The molecule has 0 aromatic heterocycles. The number of hydrogen-bond donors (Lipinski definition) is 2. The molecule has 2 amide bonds. The van der Waals surface area contributed by atoms with Crippen LogP contribution in [0.25, 0.3) is 0 Å². The summed E-state index contributed by atoms with van der Waals surface area (Å²) in [6, 6.07) is 8.61. The molecule has 2 saturated heterocycles. The second-order valence-corrected chi connectivity index (χ2v) is 9.78. The lowest BCUT2D eigenvalue weighted by Gasteiger charge is -2.45. The number of aliphatic hydroxyl groups is 1. The quantitative estimate of drug-likeness (QED) is 0.513. The van der Waals surface area contributed by atoms with Crippen molar-refractivity contribution in [1.82, 2.24) is 5.32 Å². The fourth-order valence-electron chi connectivity index (χ4n) is 3.81. The molecule has 8 nitrogen and oxygen atoms in total. The number of ether oxygens (including phenoxy) is 3. The van der Waals surface area contributed by atoms with Gasteiger partial charge in [-0.15, -0.1) is 0 Å². The van der Waals surface area contributed by atoms with Crippen molar-refractivity contribution in [2.45, 2.75) is 70.9 Å². The minimum absolute atomic E-state index is 0.103. The van der Waals surface area contributed by atoms with E-state index >= 15 is 0 Å². The lowest BCUT2D eigenvalue weighted by atomic mass is 9.93. The predicted octanol–water partition coefficient (Wildman–Crippen LogP) is 2.02. The smallest absolute Gasteiger partial charge is 0.252 e. The summed E-state index contributed by atoms with van der Waals surface area (Å²) in [4.78, 5) is 27.1. The maximum atomic E-state index is 13.0. The van der Waals surface area contributed by atoms with Crippen LogP contribution in [0.2, 0.25) is 0 Å². The van der Waals surface area contributed by atoms with Crippen molar-refractivity contribution >= 4 is 17.5 Å². The molecule has 3 rings (SSSR count). The first kappa shape index (κ1) is 24.4. The summed E-state index contributed by atoms with van der Waals surface area (Å²) in [6.45, 7) is 9.93. The number of nitrogens with zero attached hydrogens (tertiary/aromatic N) is 1. The highest BCUT2D eigenvalue weighted by Gasteiger charge is 2.49. The number of methoxy groups -OCH3 is 1. The Morgan fingerprint density at radius 3 is 2.50 bits per heavy atom. The lowest BCUT2D eigenvalue weighted by molar-refractivity contribution is -0.334. The van der Waals surface area contributed by atoms with Gasteiger partial charge in [-0.3, -0.25) is 9.59 Å². The molecule has 2 fully saturated rings. The van der Waals surface area contributed by atoms with E-state index in [0.29, 0.717) is 6.54 Å². The average Bonchev–Trinajstić information content (AvgIpc) is 2.72. The van der Waals surface area contributed by atoms with Crippen molar-refractivity contribution in [3.05, 3.63) is 42.5 Å². The molecule has 0 spiro atoms. The standard InChI is InChI=1S/C24H34N2O6/c1-23(2,3)13-12-17-18(27)19(32-24(4,5)31-17)20(30-6)21(28)25-16-14-26(22(16)29)15-10-8-7-9-11-15/h7-13,16-20,27H,14H2,1-6H3,(H,25,28)/t16?,17-,18+,19-,20-/m1/s1. The van der Waals surface area contributed by atoms with E-state index in [1.807, 2.05) is 57.2 Å². The van der Waals surface area contributed by atoms with E-state index in [4.69, 9.17) is 14.2 Å². The summed E-state index contributed by atoms with van der Waals surface area (Å²) in [5.74, 6) is -1.75. The lowest BCUT2D eigenvalue weighted by Crippen LogP contribution is -2.67. The van der Waals surface area contributed by atoms with Gasteiger partial charge in [-0.2, -0.15) is 0 Å². The largest absolute Gasteiger partial charge is 0.387 e. The highest BCUT2D eigenvalue weighted by Crippen LogP contribution is 2.31. The summed E-state index contributed by atoms with van der Waals surface area (Å²) in [6.07, 6.45) is -0.148. The van der Waals surface area contributed by atoms with Crippen molar-refractivity contribution in [2.75, 3.05) is 18.6 Å². The summed E-state index contributed by atoms with van der Waals surface area (Å²) >= 11 is 0. The van der Waals surface area contributed by atoms with Crippen molar-refractivity contribution in [3.8, 4) is 0 Å². The van der Waals surface area contributed by atoms with Crippen LogP contribution in [0.4, 0.5) is 5.69 Å². The van der Waals surface area contributed by atoms with Gasteiger partial charge in [-0.05, 0) is 31.4 Å². The van der Waals surface area contributed by atoms with Crippen molar-refractivity contribution in [3.63, 3.8) is 0 Å². The van der Waals surface area contributed by atoms with Gasteiger partial charge >= 0.3 is 0 Å². The third kappa shape index (κ3) is 5.56. The number of para-hydroxylation sites is 1. The highest BCUT2D eigenvalue weighted by atomic mass is 16.7. The number of benzene rings is 1. The number of carbonyl (C=O) groups is 2. The minimum atomic E-state index is -1.13. The molecule has 1 unspecified atom stereocenters. The van der Waals surface area contributed by atoms with Crippen molar-refractivity contribution in [1.29, 1.82) is 0 Å². The first-order valence-electron chi connectivity index (χ1n) is 10.8. The second-order valence-electron chi connectivity index (χ2n) is 9.78.